The second-order valence-corrected chi connectivity index (χ2v) is 4.96. The van der Waals surface area contributed by atoms with Gasteiger partial charge in [-0.3, -0.25) is 0 Å². The molecule has 4 heteroatoms. The summed E-state index contributed by atoms with van der Waals surface area (Å²) in [4.78, 5) is 12.8. The van der Waals surface area contributed by atoms with Crippen LogP contribution in [0.15, 0.2) is 59.5 Å². The zero-order chi connectivity index (χ0) is 14.2. The van der Waals surface area contributed by atoms with Gasteiger partial charge in [-0.05, 0) is 37.3 Å². The van der Waals surface area contributed by atoms with Crippen LogP contribution in [0.4, 0.5) is 0 Å². The van der Waals surface area contributed by atoms with E-state index in [4.69, 9.17) is 9.47 Å². The summed E-state index contributed by atoms with van der Waals surface area (Å²) < 4.78 is 10.6. The molecule has 0 amide bonds. The fraction of sp³-hybridized carbons (Fsp3) is 0.188. The molecule has 0 saturated heterocycles. The third kappa shape index (κ3) is 4.31. The first-order chi connectivity index (χ1) is 9.79. The standard InChI is InChI=1S/C16H16O3S/c1-2-18-16(17)13-7-6-8-14(11-13)19-12-20-15-9-4-3-5-10-15/h3-11H,2,12H2,1H3. The maximum absolute atomic E-state index is 11.6. The summed E-state index contributed by atoms with van der Waals surface area (Å²) in [5, 5.41) is 0. The van der Waals surface area contributed by atoms with Gasteiger partial charge in [-0.2, -0.15) is 0 Å². The summed E-state index contributed by atoms with van der Waals surface area (Å²) >= 11 is 1.60. The van der Waals surface area contributed by atoms with Gasteiger partial charge in [0.15, 0.2) is 0 Å². The minimum absolute atomic E-state index is 0.325. The number of thioether (sulfide) groups is 1. The first kappa shape index (κ1) is 14.5. The molecule has 0 spiro atoms. The quantitative estimate of drug-likeness (QED) is 0.457. The van der Waals surface area contributed by atoms with Gasteiger partial charge in [0, 0.05) is 4.90 Å². The molecule has 0 saturated carbocycles. The summed E-state index contributed by atoms with van der Waals surface area (Å²) in [5.41, 5.74) is 0.508. The fourth-order valence-electron chi connectivity index (χ4n) is 1.61. The van der Waals surface area contributed by atoms with Crippen LogP contribution in [0.2, 0.25) is 0 Å². The minimum Gasteiger partial charge on any atom is -0.483 e. The Bertz CT molecular complexity index is 555. The summed E-state index contributed by atoms with van der Waals surface area (Å²) in [7, 11) is 0. The van der Waals surface area contributed by atoms with Gasteiger partial charge in [-0.15, -0.1) is 0 Å². The molecule has 104 valence electrons. The highest BCUT2D eigenvalue weighted by molar-refractivity contribution is 7.99. The summed E-state index contributed by atoms with van der Waals surface area (Å²) in [6.07, 6.45) is 0. The predicted octanol–water partition coefficient (Wildman–Crippen LogP) is 3.99. The molecule has 0 aliphatic rings. The molecular formula is C16H16O3S. The van der Waals surface area contributed by atoms with E-state index in [9.17, 15) is 4.79 Å². The SMILES string of the molecule is CCOC(=O)c1cccc(OCSc2ccccc2)c1. The Labute approximate surface area is 122 Å². The van der Waals surface area contributed by atoms with Gasteiger partial charge in [0.05, 0.1) is 12.2 Å². The van der Waals surface area contributed by atoms with Crippen LogP contribution in [0.5, 0.6) is 5.75 Å². The van der Waals surface area contributed by atoms with Gasteiger partial charge in [0.25, 0.3) is 0 Å². The van der Waals surface area contributed by atoms with Gasteiger partial charge < -0.3 is 9.47 Å². The highest BCUT2D eigenvalue weighted by Crippen LogP contribution is 2.20. The Morgan fingerprint density at radius 3 is 2.65 bits per heavy atom. The molecule has 20 heavy (non-hydrogen) atoms. The average molecular weight is 288 g/mol. The highest BCUT2D eigenvalue weighted by Gasteiger charge is 2.07. The molecule has 2 rings (SSSR count). The third-order valence-corrected chi connectivity index (χ3v) is 3.38. The van der Waals surface area contributed by atoms with Crippen molar-refractivity contribution >= 4 is 17.7 Å². The Kier molecular flexibility index (Phi) is 5.50. The zero-order valence-electron chi connectivity index (χ0n) is 11.2. The molecule has 0 bridgehead atoms. The molecule has 0 radical (unpaired) electrons. The lowest BCUT2D eigenvalue weighted by Crippen LogP contribution is -2.04. The largest absolute Gasteiger partial charge is 0.483 e. The minimum atomic E-state index is -0.325. The maximum Gasteiger partial charge on any atom is 0.338 e. The molecule has 0 N–H and O–H groups in total. The second kappa shape index (κ2) is 7.60. The normalized spacial score (nSPS) is 10.1. The van der Waals surface area contributed by atoms with Crippen molar-refractivity contribution in [1.29, 1.82) is 0 Å². The number of benzene rings is 2. The maximum atomic E-state index is 11.6. The molecular weight excluding hydrogens is 272 g/mol. The third-order valence-electron chi connectivity index (χ3n) is 2.54. The van der Waals surface area contributed by atoms with Crippen LogP contribution >= 0.6 is 11.8 Å². The van der Waals surface area contributed by atoms with Gasteiger partial charge in [-0.25, -0.2) is 4.79 Å². The predicted molar refractivity (Wildman–Crippen MR) is 80.2 cm³/mol. The van der Waals surface area contributed by atoms with Gasteiger partial charge in [-0.1, -0.05) is 36.0 Å². The molecule has 2 aromatic carbocycles. The van der Waals surface area contributed by atoms with Crippen molar-refractivity contribution in [1.82, 2.24) is 0 Å². The van der Waals surface area contributed by atoms with Crippen molar-refractivity contribution in [3.63, 3.8) is 0 Å². The fourth-order valence-corrected chi connectivity index (χ4v) is 2.29. The van der Waals surface area contributed by atoms with Crippen LogP contribution in [-0.2, 0) is 4.74 Å². The number of rotatable bonds is 6. The molecule has 0 aromatic heterocycles. The van der Waals surface area contributed by atoms with Crippen molar-refractivity contribution in [2.75, 3.05) is 12.5 Å². The summed E-state index contributed by atoms with van der Waals surface area (Å²) in [6, 6.07) is 17.1. The number of carbonyl (C=O) groups is 1. The lowest BCUT2D eigenvalue weighted by Gasteiger charge is -2.07. The molecule has 0 unspecified atom stereocenters. The second-order valence-electron chi connectivity index (χ2n) is 3.97. The van der Waals surface area contributed by atoms with E-state index in [0.29, 0.717) is 23.9 Å². The van der Waals surface area contributed by atoms with E-state index in [0.717, 1.165) is 4.90 Å². The molecule has 2 aromatic rings. The Morgan fingerprint density at radius 1 is 1.10 bits per heavy atom. The first-order valence-corrected chi connectivity index (χ1v) is 7.36. The van der Waals surface area contributed by atoms with Gasteiger partial charge >= 0.3 is 5.97 Å². The molecule has 0 aliphatic heterocycles. The Balaban J connectivity index is 1.90. The van der Waals surface area contributed by atoms with E-state index >= 15 is 0 Å². The van der Waals surface area contributed by atoms with Crippen LogP contribution in [0.25, 0.3) is 0 Å². The first-order valence-electron chi connectivity index (χ1n) is 6.37. The molecule has 3 nitrogen and oxygen atoms in total. The zero-order valence-corrected chi connectivity index (χ0v) is 12.1. The van der Waals surface area contributed by atoms with Crippen molar-refractivity contribution in [2.24, 2.45) is 0 Å². The summed E-state index contributed by atoms with van der Waals surface area (Å²) in [5.74, 6) is 0.837. The number of esters is 1. The Morgan fingerprint density at radius 2 is 1.90 bits per heavy atom. The molecule has 0 fully saturated rings. The lowest BCUT2D eigenvalue weighted by atomic mass is 10.2. The topological polar surface area (TPSA) is 35.5 Å². The molecule has 0 heterocycles. The van der Waals surface area contributed by atoms with E-state index in [-0.39, 0.29) is 5.97 Å². The van der Waals surface area contributed by atoms with Crippen LogP contribution < -0.4 is 4.74 Å². The van der Waals surface area contributed by atoms with Crippen molar-refractivity contribution < 1.29 is 14.3 Å². The van der Waals surface area contributed by atoms with Crippen molar-refractivity contribution in [3.05, 3.63) is 60.2 Å². The number of ether oxygens (including phenoxy) is 2. The number of carbonyl (C=O) groups excluding carboxylic acids is 1. The molecule has 0 aliphatic carbocycles. The van der Waals surface area contributed by atoms with Crippen LogP contribution in [0, 0.1) is 0 Å². The number of hydrogen-bond acceptors (Lipinski definition) is 4. The van der Waals surface area contributed by atoms with Crippen LogP contribution in [-0.4, -0.2) is 18.5 Å². The van der Waals surface area contributed by atoms with E-state index in [1.165, 1.54) is 0 Å². The average Bonchev–Trinajstić information content (AvgIpc) is 2.49. The van der Waals surface area contributed by atoms with E-state index < -0.39 is 0 Å². The van der Waals surface area contributed by atoms with Crippen molar-refractivity contribution in [2.45, 2.75) is 11.8 Å². The van der Waals surface area contributed by atoms with Crippen molar-refractivity contribution in [3.8, 4) is 5.75 Å². The van der Waals surface area contributed by atoms with Gasteiger partial charge in [0.2, 0.25) is 0 Å². The van der Waals surface area contributed by atoms with Crippen LogP contribution in [0.1, 0.15) is 17.3 Å². The van der Waals surface area contributed by atoms with E-state index in [1.54, 1.807) is 36.9 Å². The molecule has 0 atom stereocenters. The summed E-state index contributed by atoms with van der Waals surface area (Å²) in [6.45, 7) is 2.16. The smallest absolute Gasteiger partial charge is 0.338 e. The Hall–Kier alpha value is -1.94. The monoisotopic (exact) mass is 288 g/mol. The van der Waals surface area contributed by atoms with Gasteiger partial charge in [0.1, 0.15) is 11.7 Å². The van der Waals surface area contributed by atoms with Crippen LogP contribution in [0.3, 0.4) is 0 Å². The van der Waals surface area contributed by atoms with E-state index in [2.05, 4.69) is 0 Å². The number of hydrogen-bond donors (Lipinski definition) is 0. The van der Waals surface area contributed by atoms with E-state index in [1.807, 2.05) is 36.4 Å². The highest BCUT2D eigenvalue weighted by atomic mass is 32.2. The lowest BCUT2D eigenvalue weighted by molar-refractivity contribution is 0.0526.